The van der Waals surface area contributed by atoms with Crippen LogP contribution in [0, 0.1) is 0 Å². The maximum Gasteiger partial charge on any atom is 0.321 e. The molecule has 0 radical (unpaired) electrons. The third kappa shape index (κ3) is 3.25. The molecular formula is C17H15ClN4O3S. The summed E-state index contributed by atoms with van der Waals surface area (Å²) in [6.45, 7) is 1.03. The number of amides is 2. The predicted molar refractivity (Wildman–Crippen MR) is 98.9 cm³/mol. The van der Waals surface area contributed by atoms with Crippen LogP contribution in [0.25, 0.3) is 10.7 Å². The fourth-order valence-corrected chi connectivity index (χ4v) is 3.50. The number of urea groups is 1. The predicted octanol–water partition coefficient (Wildman–Crippen LogP) is 4.09. The van der Waals surface area contributed by atoms with Gasteiger partial charge in [-0.05, 0) is 29.6 Å². The van der Waals surface area contributed by atoms with Crippen LogP contribution in [0.15, 0.2) is 40.2 Å². The van der Waals surface area contributed by atoms with E-state index in [4.69, 9.17) is 20.9 Å². The number of thiophene rings is 1. The first-order chi connectivity index (χ1) is 12.6. The van der Waals surface area contributed by atoms with Gasteiger partial charge in [0.05, 0.1) is 23.6 Å². The minimum Gasteiger partial charge on any atom is -0.495 e. The zero-order valence-electron chi connectivity index (χ0n) is 13.8. The Morgan fingerprint density at radius 3 is 3.00 bits per heavy atom. The maximum atomic E-state index is 12.4. The first kappa shape index (κ1) is 16.9. The number of carbonyl (C=O) groups is 1. The van der Waals surface area contributed by atoms with E-state index in [9.17, 15) is 4.79 Å². The molecule has 3 heterocycles. The van der Waals surface area contributed by atoms with Crippen molar-refractivity contribution in [3.8, 4) is 16.5 Å². The van der Waals surface area contributed by atoms with Gasteiger partial charge in [-0.3, -0.25) is 0 Å². The van der Waals surface area contributed by atoms with Crippen LogP contribution in [0.2, 0.25) is 5.02 Å². The minimum atomic E-state index is -0.222. The largest absolute Gasteiger partial charge is 0.495 e. The number of nitrogens with zero attached hydrogens (tertiary/aromatic N) is 3. The quantitative estimate of drug-likeness (QED) is 0.725. The fraction of sp³-hybridized carbons (Fsp3) is 0.235. The van der Waals surface area contributed by atoms with Gasteiger partial charge in [-0.2, -0.15) is 4.98 Å². The Labute approximate surface area is 158 Å². The van der Waals surface area contributed by atoms with Crippen LogP contribution in [-0.4, -0.2) is 41.3 Å². The number of methoxy groups -OCH3 is 1. The van der Waals surface area contributed by atoms with E-state index in [1.54, 1.807) is 41.5 Å². The number of hydrogen-bond acceptors (Lipinski definition) is 6. The van der Waals surface area contributed by atoms with Crippen molar-refractivity contribution in [2.45, 2.75) is 5.92 Å². The molecule has 0 atom stereocenters. The lowest BCUT2D eigenvalue weighted by Gasteiger charge is -2.36. The molecule has 2 amide bonds. The molecule has 3 aromatic rings. The summed E-state index contributed by atoms with van der Waals surface area (Å²) in [4.78, 5) is 19.4. The van der Waals surface area contributed by atoms with E-state index in [1.165, 1.54) is 0 Å². The summed E-state index contributed by atoms with van der Waals surface area (Å²) in [5.41, 5.74) is 0.534. The topological polar surface area (TPSA) is 80.5 Å². The average Bonchev–Trinajstić information content (AvgIpc) is 3.25. The molecule has 4 rings (SSSR count). The number of halogens is 1. The third-order valence-corrected chi connectivity index (χ3v) is 5.21. The highest BCUT2D eigenvalue weighted by Gasteiger charge is 2.36. The molecular weight excluding hydrogens is 376 g/mol. The summed E-state index contributed by atoms with van der Waals surface area (Å²) in [7, 11) is 1.54. The highest BCUT2D eigenvalue weighted by atomic mass is 35.5. The number of ether oxygens (including phenoxy) is 1. The molecule has 1 aromatic carbocycles. The highest BCUT2D eigenvalue weighted by Crippen LogP contribution is 2.31. The second-order valence-corrected chi connectivity index (χ2v) is 7.19. The average molecular weight is 391 g/mol. The van der Waals surface area contributed by atoms with Gasteiger partial charge in [-0.25, -0.2) is 4.79 Å². The van der Waals surface area contributed by atoms with Crippen LogP contribution in [0.3, 0.4) is 0 Å². The molecule has 26 heavy (non-hydrogen) atoms. The van der Waals surface area contributed by atoms with Gasteiger partial charge in [0.15, 0.2) is 0 Å². The second kappa shape index (κ2) is 6.97. The van der Waals surface area contributed by atoms with Crippen molar-refractivity contribution in [1.82, 2.24) is 15.0 Å². The molecule has 0 aliphatic carbocycles. The van der Waals surface area contributed by atoms with E-state index in [2.05, 4.69) is 15.5 Å². The molecule has 0 spiro atoms. The Balaban J connectivity index is 1.37. The molecule has 0 unspecified atom stereocenters. The summed E-state index contributed by atoms with van der Waals surface area (Å²) < 4.78 is 10.6. The zero-order chi connectivity index (χ0) is 18.1. The molecule has 7 nitrogen and oxygen atoms in total. The summed E-state index contributed by atoms with van der Waals surface area (Å²) in [6, 6.07) is 8.73. The molecule has 1 saturated heterocycles. The van der Waals surface area contributed by atoms with Crippen LogP contribution < -0.4 is 10.1 Å². The van der Waals surface area contributed by atoms with Crippen molar-refractivity contribution in [1.29, 1.82) is 0 Å². The Hall–Kier alpha value is -2.58. The Morgan fingerprint density at radius 1 is 1.42 bits per heavy atom. The molecule has 134 valence electrons. The number of nitrogens with one attached hydrogen (secondary N) is 1. The molecule has 1 fully saturated rings. The second-order valence-electron chi connectivity index (χ2n) is 5.81. The van der Waals surface area contributed by atoms with E-state index < -0.39 is 0 Å². The summed E-state index contributed by atoms with van der Waals surface area (Å²) in [6.07, 6.45) is 0. The van der Waals surface area contributed by atoms with Crippen LogP contribution in [0.4, 0.5) is 10.5 Å². The summed E-state index contributed by atoms with van der Waals surface area (Å²) in [5.74, 6) is 1.74. The van der Waals surface area contributed by atoms with Crippen LogP contribution >= 0.6 is 22.9 Å². The van der Waals surface area contributed by atoms with Crippen molar-refractivity contribution in [3.05, 3.63) is 46.6 Å². The van der Waals surface area contributed by atoms with Gasteiger partial charge in [-0.15, -0.1) is 11.3 Å². The van der Waals surface area contributed by atoms with Crippen molar-refractivity contribution in [2.75, 3.05) is 25.5 Å². The van der Waals surface area contributed by atoms with Gasteiger partial charge >= 0.3 is 6.03 Å². The first-order valence-corrected chi connectivity index (χ1v) is 9.17. The number of hydrogen-bond donors (Lipinski definition) is 1. The van der Waals surface area contributed by atoms with E-state index in [0.717, 1.165) is 4.88 Å². The molecule has 2 aromatic heterocycles. The summed E-state index contributed by atoms with van der Waals surface area (Å²) in [5, 5.41) is 9.31. The van der Waals surface area contributed by atoms with Gasteiger partial charge in [-0.1, -0.05) is 22.8 Å². The van der Waals surface area contributed by atoms with E-state index in [-0.39, 0.29) is 11.9 Å². The SMILES string of the molecule is COc1ccc(Cl)cc1NC(=O)N1CC(c2nc(-c3cccs3)no2)C1. The van der Waals surface area contributed by atoms with E-state index in [0.29, 0.717) is 41.3 Å². The minimum absolute atomic E-state index is 0.0446. The number of likely N-dealkylation sites (tertiary alicyclic amines) is 1. The Bertz CT molecular complexity index is 922. The Morgan fingerprint density at radius 2 is 2.27 bits per heavy atom. The van der Waals surface area contributed by atoms with Gasteiger partial charge in [0.2, 0.25) is 11.7 Å². The highest BCUT2D eigenvalue weighted by molar-refractivity contribution is 7.13. The lowest BCUT2D eigenvalue weighted by Crippen LogP contribution is -2.50. The van der Waals surface area contributed by atoms with Crippen molar-refractivity contribution in [3.63, 3.8) is 0 Å². The molecule has 0 saturated carbocycles. The number of benzene rings is 1. The molecule has 1 aliphatic heterocycles. The van der Waals surface area contributed by atoms with Crippen molar-refractivity contribution < 1.29 is 14.1 Å². The van der Waals surface area contributed by atoms with E-state index >= 15 is 0 Å². The molecule has 1 N–H and O–H groups in total. The third-order valence-electron chi connectivity index (χ3n) is 4.10. The van der Waals surface area contributed by atoms with Crippen LogP contribution in [0.5, 0.6) is 5.75 Å². The monoisotopic (exact) mass is 390 g/mol. The van der Waals surface area contributed by atoms with E-state index in [1.807, 2.05) is 17.5 Å². The summed E-state index contributed by atoms with van der Waals surface area (Å²) >= 11 is 7.54. The zero-order valence-corrected chi connectivity index (χ0v) is 15.4. The van der Waals surface area contributed by atoms with Crippen LogP contribution in [0.1, 0.15) is 11.8 Å². The number of aromatic nitrogens is 2. The van der Waals surface area contributed by atoms with Crippen molar-refractivity contribution in [2.24, 2.45) is 0 Å². The smallest absolute Gasteiger partial charge is 0.321 e. The van der Waals surface area contributed by atoms with Crippen molar-refractivity contribution >= 4 is 34.7 Å². The van der Waals surface area contributed by atoms with Crippen LogP contribution in [-0.2, 0) is 0 Å². The molecule has 0 bridgehead atoms. The first-order valence-electron chi connectivity index (χ1n) is 7.91. The number of rotatable bonds is 4. The Kier molecular flexibility index (Phi) is 4.52. The van der Waals surface area contributed by atoms with Gasteiger partial charge in [0, 0.05) is 18.1 Å². The standard InChI is InChI=1S/C17H15ClN4O3S/c1-24-13-5-4-11(18)7-12(13)19-17(23)22-8-10(9-22)16-20-15(21-25-16)14-3-2-6-26-14/h2-7,10H,8-9H2,1H3,(H,19,23). The normalized spacial score (nSPS) is 14.2. The lowest BCUT2D eigenvalue weighted by molar-refractivity contribution is 0.147. The van der Waals surface area contributed by atoms with Gasteiger partial charge in [0.25, 0.3) is 0 Å². The van der Waals surface area contributed by atoms with Gasteiger partial charge in [0.1, 0.15) is 5.75 Å². The molecule has 9 heteroatoms. The number of anilines is 1. The maximum absolute atomic E-state index is 12.4. The number of carbonyl (C=O) groups excluding carboxylic acids is 1. The lowest BCUT2D eigenvalue weighted by atomic mass is 10.0. The van der Waals surface area contributed by atoms with Gasteiger partial charge < -0.3 is 19.5 Å². The molecule has 1 aliphatic rings. The fourth-order valence-electron chi connectivity index (χ4n) is 2.68.